The van der Waals surface area contributed by atoms with Gasteiger partial charge in [-0.3, -0.25) is 0 Å². The molecule has 0 atom stereocenters. The summed E-state index contributed by atoms with van der Waals surface area (Å²) in [7, 11) is 0. The van der Waals surface area contributed by atoms with E-state index in [0.717, 1.165) is 12.8 Å². The van der Waals surface area contributed by atoms with Crippen LogP contribution in [0.2, 0.25) is 0 Å². The number of rotatable bonds is 4. The first-order chi connectivity index (χ1) is 22.9. The predicted octanol–water partition coefficient (Wildman–Crippen LogP) is 11.2. The van der Waals surface area contributed by atoms with Crippen molar-refractivity contribution in [3.63, 3.8) is 0 Å². The van der Waals surface area contributed by atoms with Gasteiger partial charge >= 0.3 is 289 Å². The van der Waals surface area contributed by atoms with Gasteiger partial charge in [0.1, 0.15) is 0 Å². The third kappa shape index (κ3) is 5.22. The van der Waals surface area contributed by atoms with Gasteiger partial charge in [-0.1, -0.05) is 0 Å². The fourth-order valence-electron chi connectivity index (χ4n) is 8.93. The van der Waals surface area contributed by atoms with Crippen LogP contribution in [0.15, 0.2) is 137 Å². The molecule has 0 saturated heterocycles. The molecule has 50 heavy (non-hydrogen) atoms. The van der Waals surface area contributed by atoms with Gasteiger partial charge in [-0.15, -0.1) is 24.8 Å². The van der Waals surface area contributed by atoms with E-state index in [1.54, 1.807) is 0 Å². The van der Waals surface area contributed by atoms with Crippen molar-refractivity contribution in [2.45, 2.75) is 65.2 Å². The van der Waals surface area contributed by atoms with Crippen LogP contribution in [-0.2, 0) is 35.3 Å². The number of benzene rings is 6. The molecule has 0 aliphatic heterocycles. The van der Waals surface area contributed by atoms with Crippen LogP contribution >= 0.6 is 24.8 Å². The van der Waals surface area contributed by atoms with Crippen molar-refractivity contribution in [3.8, 4) is 11.1 Å². The monoisotopic (exact) mass is 862 g/mol. The molecule has 3 heteroatoms. The fourth-order valence-corrected chi connectivity index (χ4v) is 31.1. The molecule has 0 N–H and O–H groups in total. The van der Waals surface area contributed by atoms with Crippen LogP contribution in [0.25, 0.3) is 32.7 Å². The van der Waals surface area contributed by atoms with Gasteiger partial charge in [0, 0.05) is 0 Å². The molecule has 0 saturated carbocycles. The zero-order valence-corrected chi connectivity index (χ0v) is 35.4. The van der Waals surface area contributed by atoms with Gasteiger partial charge in [0.05, 0.1) is 0 Å². The van der Waals surface area contributed by atoms with E-state index in [4.69, 9.17) is 4.26 Å². The summed E-state index contributed by atoms with van der Waals surface area (Å²) in [5.41, 5.74) is 8.54. The predicted molar refractivity (Wildman–Crippen MR) is 222 cm³/mol. The zero-order chi connectivity index (χ0) is 33.5. The summed E-state index contributed by atoms with van der Waals surface area (Å²) in [5.74, 6) is 0. The number of halogens is 2. The Kier molecular flexibility index (Phi) is 9.25. The first-order valence-electron chi connectivity index (χ1n) is 17.6. The minimum atomic E-state index is -5.10. The van der Waals surface area contributed by atoms with Crippen molar-refractivity contribution in [3.05, 3.63) is 159 Å². The molecule has 6 aromatic rings. The molecule has 2 aliphatic rings. The molecule has 0 heterocycles. The molecule has 254 valence electrons. The van der Waals surface area contributed by atoms with Crippen molar-refractivity contribution < 1.29 is 18.0 Å². The summed E-state index contributed by atoms with van der Waals surface area (Å²) in [6.45, 7) is 13.9. The Morgan fingerprint density at radius 3 is 1.68 bits per heavy atom. The van der Waals surface area contributed by atoms with Crippen molar-refractivity contribution in [1.29, 1.82) is 0 Å². The average molecular weight is 862 g/mol. The van der Waals surface area contributed by atoms with Crippen LogP contribution in [-0.4, -0.2) is 4.26 Å². The van der Waals surface area contributed by atoms with Gasteiger partial charge in [-0.05, 0) is 0 Å². The van der Waals surface area contributed by atoms with E-state index in [1.165, 1.54) is 68.2 Å². The molecule has 0 nitrogen and oxygen atoms in total. The molecule has 6 aromatic carbocycles. The Bertz CT molecular complexity index is 2330. The SMILES string of the molecule is Cl.Cl.[CH2]=[Hf]([C]1=CC=CC1)([c]1ccc(C(C)(C)C)cc1)([c]1ccc(C(C)(C)C)cc1)[c]1cccc2c1c1c(c3ccccc32)-c2ccccc2C1. The summed E-state index contributed by atoms with van der Waals surface area (Å²) in [4.78, 5) is 0. The Balaban J connectivity index is 0.00000216. The van der Waals surface area contributed by atoms with Gasteiger partial charge in [0.15, 0.2) is 0 Å². The Morgan fingerprint density at radius 2 is 1.12 bits per heavy atom. The Labute approximate surface area is 311 Å². The molecular weight excluding hydrogens is 814 g/mol. The van der Waals surface area contributed by atoms with E-state index in [1.807, 2.05) is 0 Å². The second-order valence-corrected chi connectivity index (χ2v) is 35.3. The first kappa shape index (κ1) is 36.4. The third-order valence-electron chi connectivity index (χ3n) is 11.7. The van der Waals surface area contributed by atoms with Crippen molar-refractivity contribution in [1.82, 2.24) is 0 Å². The van der Waals surface area contributed by atoms with Gasteiger partial charge in [0.2, 0.25) is 0 Å². The Morgan fingerprint density at radius 1 is 0.580 bits per heavy atom. The van der Waals surface area contributed by atoms with Crippen LogP contribution in [0.1, 0.15) is 70.2 Å². The molecule has 0 unspecified atom stereocenters. The van der Waals surface area contributed by atoms with Gasteiger partial charge in [0.25, 0.3) is 0 Å². The molecule has 0 radical (unpaired) electrons. The third-order valence-corrected chi connectivity index (χ3v) is 35.4. The number of fused-ring (bicyclic) bond motifs is 8. The van der Waals surface area contributed by atoms with E-state index in [9.17, 15) is 0 Å². The molecule has 0 aromatic heterocycles. The summed E-state index contributed by atoms with van der Waals surface area (Å²) in [5, 5.41) is 5.47. The molecule has 8 rings (SSSR count). The molecule has 0 spiro atoms. The van der Waals surface area contributed by atoms with Crippen LogP contribution in [0.5, 0.6) is 0 Å². The van der Waals surface area contributed by atoms with Crippen molar-refractivity contribution in [2.24, 2.45) is 0 Å². The summed E-state index contributed by atoms with van der Waals surface area (Å²) in [6.07, 6.45) is 8.95. The van der Waals surface area contributed by atoms with E-state index < -0.39 is 18.0 Å². The van der Waals surface area contributed by atoms with Crippen LogP contribution in [0.4, 0.5) is 0 Å². The van der Waals surface area contributed by atoms with Crippen LogP contribution in [0, 0.1) is 0 Å². The molecule has 2 aliphatic carbocycles. The quantitative estimate of drug-likeness (QED) is 0.122. The topological polar surface area (TPSA) is 0 Å². The van der Waals surface area contributed by atoms with E-state index in [2.05, 4.69) is 175 Å². The number of hydrogen-bond acceptors (Lipinski definition) is 0. The second kappa shape index (κ2) is 12.7. The maximum absolute atomic E-state index is 5.79. The average Bonchev–Trinajstić information content (AvgIpc) is 3.77. The Hall–Kier alpha value is -3.36. The van der Waals surface area contributed by atoms with Gasteiger partial charge in [-0.2, -0.15) is 0 Å². The van der Waals surface area contributed by atoms with Crippen LogP contribution in [0.3, 0.4) is 0 Å². The molecule has 0 bridgehead atoms. The summed E-state index contributed by atoms with van der Waals surface area (Å²) >= 11 is -5.10. The number of allylic oxidation sites excluding steroid dienone is 4. The summed E-state index contributed by atoms with van der Waals surface area (Å²) in [6, 6.07) is 44.8. The van der Waals surface area contributed by atoms with Crippen LogP contribution < -0.4 is 9.96 Å². The van der Waals surface area contributed by atoms with Gasteiger partial charge in [-0.25, -0.2) is 0 Å². The minimum absolute atomic E-state index is 0. The van der Waals surface area contributed by atoms with E-state index in [-0.39, 0.29) is 35.6 Å². The van der Waals surface area contributed by atoms with Crippen molar-refractivity contribution in [2.75, 3.05) is 0 Å². The molecule has 0 fully saturated rings. The van der Waals surface area contributed by atoms with E-state index >= 15 is 0 Å². The van der Waals surface area contributed by atoms with E-state index in [0.29, 0.717) is 0 Å². The summed E-state index contributed by atoms with van der Waals surface area (Å²) < 4.78 is 11.6. The maximum atomic E-state index is 5.79. The van der Waals surface area contributed by atoms with Crippen molar-refractivity contribution >= 4 is 60.6 Å². The first-order valence-corrected chi connectivity index (χ1v) is 27.3. The number of hydrogen-bond donors (Lipinski definition) is 0. The fraction of sp³-hybridized carbons (Fsp3) is 0.213. The van der Waals surface area contributed by atoms with Gasteiger partial charge < -0.3 is 0 Å². The molecular formula is C47H48Cl2Hf. The standard InChI is InChI=1S/C21H13.2C10H13.C5H5.CH2.2ClH.Hf/c1-2-8-15-14(7-1)13-20-18-11-4-3-9-16(18)17-10-5-6-12-19(17)21(15)20;2*1-10(2,3)9-7-5-4-6-8-9;1-2-4-5-3-1;;;;/h1-10,12H,13H2;2*5-8H,1-3H3;1-3H,4H2;1H2;2*1H;. The molecule has 0 amide bonds. The zero-order valence-electron chi connectivity index (χ0n) is 30.1. The normalized spacial score (nSPS) is 14.2. The second-order valence-electron chi connectivity index (χ2n) is 16.4.